The molecule has 2 bridgehead atoms. The van der Waals surface area contributed by atoms with Gasteiger partial charge in [0, 0.05) is 0 Å². The van der Waals surface area contributed by atoms with Gasteiger partial charge in [-0.15, -0.1) is 0 Å². The molecule has 2 saturated heterocycles. The van der Waals surface area contributed by atoms with Gasteiger partial charge in [-0.1, -0.05) is 71.6 Å². The molecule has 2 fully saturated rings. The standard InChI is InChI=1S/C26H46O9/c1-3-5-7-9-11-13-18-15-21(27)32-17-20-23(29)24(30)25(31)26(35-20)34-19(16-22(28)33-18)14-12-10-8-6-4-2/h18-20,23-26,29-31H,3-17H2,1-2H3. The fourth-order valence-corrected chi connectivity index (χ4v) is 4.57. The molecule has 35 heavy (non-hydrogen) atoms. The van der Waals surface area contributed by atoms with Crippen LogP contribution in [0, 0.1) is 0 Å². The van der Waals surface area contributed by atoms with Crippen molar-refractivity contribution in [2.45, 2.75) is 147 Å². The minimum atomic E-state index is -1.53. The largest absolute Gasteiger partial charge is 0.463 e. The Kier molecular flexibility index (Phi) is 14.1. The van der Waals surface area contributed by atoms with E-state index in [-0.39, 0.29) is 19.4 Å². The normalized spacial score (nSPS) is 32.7. The van der Waals surface area contributed by atoms with Crippen LogP contribution in [-0.4, -0.2) is 76.8 Å². The summed E-state index contributed by atoms with van der Waals surface area (Å²) < 4.78 is 22.6. The number of cyclic esters (lactones) is 2. The molecule has 0 radical (unpaired) electrons. The van der Waals surface area contributed by atoms with Crippen molar-refractivity contribution in [3.8, 4) is 0 Å². The van der Waals surface area contributed by atoms with Gasteiger partial charge < -0.3 is 34.3 Å². The van der Waals surface area contributed by atoms with Crippen molar-refractivity contribution in [2.75, 3.05) is 6.61 Å². The van der Waals surface area contributed by atoms with E-state index in [9.17, 15) is 24.9 Å². The number of aliphatic hydroxyl groups excluding tert-OH is 3. The third-order valence-corrected chi connectivity index (χ3v) is 6.75. The predicted octanol–water partition coefficient (Wildman–Crippen LogP) is 3.15. The lowest BCUT2D eigenvalue weighted by Crippen LogP contribution is -2.60. The van der Waals surface area contributed by atoms with Crippen molar-refractivity contribution >= 4 is 11.9 Å². The van der Waals surface area contributed by atoms with Gasteiger partial charge >= 0.3 is 11.9 Å². The number of rotatable bonds is 12. The Balaban J connectivity index is 2.09. The molecule has 2 aliphatic rings. The summed E-state index contributed by atoms with van der Waals surface area (Å²) in [4.78, 5) is 25.3. The number of aliphatic hydroxyl groups is 3. The molecule has 7 atom stereocenters. The molecule has 9 nitrogen and oxygen atoms in total. The number of carbonyl (C=O) groups is 2. The van der Waals surface area contributed by atoms with Gasteiger partial charge in [0.2, 0.25) is 0 Å². The summed E-state index contributed by atoms with van der Waals surface area (Å²) in [6, 6.07) is 0. The van der Waals surface area contributed by atoms with Crippen molar-refractivity contribution < 1.29 is 43.9 Å². The summed E-state index contributed by atoms with van der Waals surface area (Å²) in [5, 5.41) is 31.0. The fraction of sp³-hybridized carbons (Fsp3) is 0.923. The number of unbranched alkanes of at least 4 members (excludes halogenated alkanes) is 8. The molecule has 0 aliphatic carbocycles. The monoisotopic (exact) mass is 502 g/mol. The molecule has 2 rings (SSSR count). The highest BCUT2D eigenvalue weighted by Gasteiger charge is 2.46. The van der Waals surface area contributed by atoms with E-state index in [0.717, 1.165) is 64.2 Å². The lowest BCUT2D eigenvalue weighted by atomic mass is 9.99. The van der Waals surface area contributed by atoms with Crippen molar-refractivity contribution in [3.63, 3.8) is 0 Å². The van der Waals surface area contributed by atoms with Crippen LogP contribution in [0.5, 0.6) is 0 Å². The minimum Gasteiger partial charge on any atom is -0.463 e. The van der Waals surface area contributed by atoms with Gasteiger partial charge in [0.15, 0.2) is 6.29 Å². The average molecular weight is 503 g/mol. The Bertz CT molecular complexity index is 614. The van der Waals surface area contributed by atoms with Crippen LogP contribution in [0.25, 0.3) is 0 Å². The molecule has 0 saturated carbocycles. The summed E-state index contributed by atoms with van der Waals surface area (Å²) in [5.41, 5.74) is 0. The Hall–Kier alpha value is -1.26. The van der Waals surface area contributed by atoms with Gasteiger partial charge in [0.25, 0.3) is 0 Å². The van der Waals surface area contributed by atoms with E-state index in [4.69, 9.17) is 18.9 Å². The first-order chi connectivity index (χ1) is 16.8. The SMILES string of the molecule is CCCCCCCC1CC(=O)OCC2OC(OC(CCCCCCC)CC(=O)O1)C(O)C(O)C2O. The van der Waals surface area contributed by atoms with Crippen LogP contribution in [0.15, 0.2) is 0 Å². The summed E-state index contributed by atoms with van der Waals surface area (Å²) in [7, 11) is 0. The first-order valence-electron chi connectivity index (χ1n) is 13.6. The zero-order valence-electron chi connectivity index (χ0n) is 21.4. The lowest BCUT2D eigenvalue weighted by molar-refractivity contribution is -0.312. The first-order valence-corrected chi connectivity index (χ1v) is 13.6. The highest BCUT2D eigenvalue weighted by molar-refractivity contribution is 5.73. The van der Waals surface area contributed by atoms with Crippen molar-refractivity contribution in [1.29, 1.82) is 0 Å². The second-order valence-corrected chi connectivity index (χ2v) is 9.88. The van der Waals surface area contributed by atoms with Crippen molar-refractivity contribution in [1.82, 2.24) is 0 Å². The number of esters is 2. The van der Waals surface area contributed by atoms with Crippen LogP contribution in [0.3, 0.4) is 0 Å². The van der Waals surface area contributed by atoms with Crippen LogP contribution in [0.1, 0.15) is 104 Å². The molecule has 204 valence electrons. The average Bonchev–Trinajstić information content (AvgIpc) is 2.83. The third kappa shape index (κ3) is 10.7. The zero-order chi connectivity index (χ0) is 25.6. The number of carbonyl (C=O) groups excluding carboxylic acids is 2. The number of hydrogen-bond donors (Lipinski definition) is 3. The van der Waals surface area contributed by atoms with Crippen molar-refractivity contribution in [3.05, 3.63) is 0 Å². The maximum atomic E-state index is 12.8. The number of hydrogen-bond acceptors (Lipinski definition) is 9. The molecule has 9 heteroatoms. The Morgan fingerprint density at radius 3 is 1.89 bits per heavy atom. The molecular weight excluding hydrogens is 456 g/mol. The molecule has 2 heterocycles. The van der Waals surface area contributed by atoms with Crippen LogP contribution < -0.4 is 0 Å². The van der Waals surface area contributed by atoms with E-state index in [1.807, 2.05) is 0 Å². The maximum absolute atomic E-state index is 12.8. The number of fused-ring (bicyclic) bond motifs is 2. The molecule has 3 N–H and O–H groups in total. The van der Waals surface area contributed by atoms with E-state index in [2.05, 4.69) is 13.8 Å². The van der Waals surface area contributed by atoms with Gasteiger partial charge in [-0.25, -0.2) is 0 Å². The lowest BCUT2D eigenvalue weighted by Gasteiger charge is -2.41. The van der Waals surface area contributed by atoms with E-state index in [1.165, 1.54) is 0 Å². The zero-order valence-corrected chi connectivity index (χ0v) is 21.4. The maximum Gasteiger partial charge on any atom is 0.309 e. The first kappa shape index (κ1) is 30.0. The Morgan fingerprint density at radius 1 is 0.686 bits per heavy atom. The molecule has 0 aromatic heterocycles. The van der Waals surface area contributed by atoms with Gasteiger partial charge in [0.1, 0.15) is 37.1 Å². The van der Waals surface area contributed by atoms with E-state index >= 15 is 0 Å². The van der Waals surface area contributed by atoms with E-state index in [1.54, 1.807) is 0 Å². The van der Waals surface area contributed by atoms with Crippen molar-refractivity contribution in [2.24, 2.45) is 0 Å². The van der Waals surface area contributed by atoms with E-state index < -0.39 is 54.9 Å². The minimum absolute atomic E-state index is 0.0505. The quantitative estimate of drug-likeness (QED) is 0.272. The van der Waals surface area contributed by atoms with Crippen LogP contribution in [0.2, 0.25) is 0 Å². The summed E-state index contributed by atoms with van der Waals surface area (Å²) in [5.74, 6) is -1.05. The molecule has 2 aliphatic heterocycles. The molecule has 0 aromatic rings. The highest BCUT2D eigenvalue weighted by atomic mass is 16.7. The second kappa shape index (κ2) is 16.5. The van der Waals surface area contributed by atoms with Gasteiger partial charge in [-0.3, -0.25) is 9.59 Å². The third-order valence-electron chi connectivity index (χ3n) is 6.75. The molecule has 0 amide bonds. The van der Waals surface area contributed by atoms with Gasteiger partial charge in [0.05, 0.1) is 18.9 Å². The van der Waals surface area contributed by atoms with Gasteiger partial charge in [-0.2, -0.15) is 0 Å². The Morgan fingerprint density at radius 2 is 1.26 bits per heavy atom. The summed E-state index contributed by atoms with van der Waals surface area (Å²) >= 11 is 0. The topological polar surface area (TPSA) is 132 Å². The van der Waals surface area contributed by atoms with Gasteiger partial charge in [-0.05, 0) is 19.3 Å². The molecule has 0 aromatic carbocycles. The fourth-order valence-electron chi connectivity index (χ4n) is 4.57. The molecule has 7 unspecified atom stereocenters. The summed E-state index contributed by atoms with van der Waals surface area (Å²) in [6.45, 7) is 3.98. The predicted molar refractivity (Wildman–Crippen MR) is 128 cm³/mol. The van der Waals surface area contributed by atoms with Crippen LogP contribution >= 0.6 is 0 Å². The molecular formula is C26H46O9. The number of ether oxygens (including phenoxy) is 4. The van der Waals surface area contributed by atoms with Crippen LogP contribution in [-0.2, 0) is 28.5 Å². The van der Waals surface area contributed by atoms with E-state index in [0.29, 0.717) is 12.8 Å². The Labute approximate surface area is 209 Å². The molecule has 0 spiro atoms. The summed E-state index contributed by atoms with van der Waals surface area (Å²) in [6.07, 6.45) is 3.39. The van der Waals surface area contributed by atoms with Crippen LogP contribution in [0.4, 0.5) is 0 Å². The highest BCUT2D eigenvalue weighted by Crippen LogP contribution is 2.27. The second-order valence-electron chi connectivity index (χ2n) is 9.88. The smallest absolute Gasteiger partial charge is 0.309 e.